The summed E-state index contributed by atoms with van der Waals surface area (Å²) >= 11 is 0. The number of hydrogen-bond acceptors (Lipinski definition) is 2. The number of rotatable bonds is 5. The van der Waals surface area contributed by atoms with Crippen LogP contribution in [0, 0.1) is 0 Å². The predicted molar refractivity (Wildman–Crippen MR) is 106 cm³/mol. The molecule has 0 radical (unpaired) electrons. The lowest BCUT2D eigenvalue weighted by molar-refractivity contribution is -0.142. The van der Waals surface area contributed by atoms with Crippen molar-refractivity contribution >= 4 is 29.9 Å². The van der Waals surface area contributed by atoms with Gasteiger partial charge in [0.05, 0.1) is 6.54 Å². The van der Waals surface area contributed by atoms with Crippen LogP contribution in [0.3, 0.4) is 0 Å². The molecule has 26 heavy (non-hydrogen) atoms. The van der Waals surface area contributed by atoms with E-state index in [2.05, 4.69) is 15.4 Å². The molecule has 1 heterocycles. The van der Waals surface area contributed by atoms with E-state index in [1.165, 1.54) is 13.2 Å². The van der Waals surface area contributed by atoms with Crippen molar-refractivity contribution in [3.63, 3.8) is 0 Å². The van der Waals surface area contributed by atoms with E-state index in [0.29, 0.717) is 19.0 Å². The van der Waals surface area contributed by atoms with Crippen molar-refractivity contribution in [3.8, 4) is 0 Å². The Labute approximate surface area is 168 Å². The van der Waals surface area contributed by atoms with Crippen molar-refractivity contribution in [2.45, 2.75) is 26.2 Å². The van der Waals surface area contributed by atoms with Crippen LogP contribution in [-0.4, -0.2) is 34.2 Å². The molecule has 2 rings (SSSR count). The number of nitrogens with one attached hydrogen (secondary N) is 1. The Balaban J connectivity index is 0.00000338. The van der Waals surface area contributed by atoms with Crippen molar-refractivity contribution in [2.24, 2.45) is 12.0 Å². The maximum absolute atomic E-state index is 13.0. The molecule has 0 aliphatic carbocycles. The van der Waals surface area contributed by atoms with Gasteiger partial charge in [0.25, 0.3) is 0 Å². The van der Waals surface area contributed by atoms with Gasteiger partial charge < -0.3 is 10.2 Å². The van der Waals surface area contributed by atoms with Crippen LogP contribution in [-0.2, 0) is 26.3 Å². The molecule has 0 aliphatic rings. The highest BCUT2D eigenvalue weighted by Gasteiger charge is 2.36. The summed E-state index contributed by atoms with van der Waals surface area (Å²) in [6, 6.07) is 9.80. The zero-order chi connectivity index (χ0) is 18.4. The summed E-state index contributed by atoms with van der Waals surface area (Å²) in [5.41, 5.74) is 0.256. The molecule has 0 spiro atoms. The minimum Gasteiger partial charge on any atom is -0.357 e. The third-order valence-corrected chi connectivity index (χ3v) is 3.53. The largest absolute Gasteiger partial charge is 0.435 e. The number of guanidine groups is 1. The molecule has 1 N–H and O–H groups in total. The Morgan fingerprint density at radius 2 is 1.92 bits per heavy atom. The van der Waals surface area contributed by atoms with Crippen LogP contribution in [0.2, 0.25) is 0 Å². The van der Waals surface area contributed by atoms with Crippen LogP contribution < -0.4 is 5.32 Å². The molecule has 0 aliphatic heterocycles. The van der Waals surface area contributed by atoms with E-state index >= 15 is 0 Å². The van der Waals surface area contributed by atoms with Gasteiger partial charge in [0.2, 0.25) is 0 Å². The Morgan fingerprint density at radius 1 is 1.27 bits per heavy atom. The van der Waals surface area contributed by atoms with E-state index in [9.17, 15) is 13.2 Å². The van der Waals surface area contributed by atoms with Crippen molar-refractivity contribution < 1.29 is 13.2 Å². The van der Waals surface area contributed by atoms with Crippen LogP contribution >= 0.6 is 24.0 Å². The molecule has 1 aromatic carbocycles. The molecule has 0 amide bonds. The lowest BCUT2D eigenvalue weighted by atomic mass is 10.2. The van der Waals surface area contributed by atoms with Crippen LogP contribution in [0.5, 0.6) is 0 Å². The first kappa shape index (κ1) is 22.3. The fourth-order valence-electron chi connectivity index (χ4n) is 2.45. The van der Waals surface area contributed by atoms with E-state index in [1.807, 2.05) is 49.2 Å². The summed E-state index contributed by atoms with van der Waals surface area (Å²) in [6.45, 7) is 3.05. The molecule has 5 nitrogen and oxygen atoms in total. The molecule has 2 aromatic rings. The molecule has 0 saturated heterocycles. The van der Waals surface area contributed by atoms with Crippen molar-refractivity contribution in [1.29, 1.82) is 0 Å². The second-order valence-corrected chi connectivity index (χ2v) is 5.69. The van der Waals surface area contributed by atoms with Crippen molar-refractivity contribution in [1.82, 2.24) is 20.0 Å². The minimum absolute atomic E-state index is 0. The molecule has 9 heteroatoms. The number of aromatic nitrogens is 2. The number of aliphatic imine (C=N–C) groups is 1. The topological polar surface area (TPSA) is 45.5 Å². The first-order valence-electron chi connectivity index (χ1n) is 7.94. The monoisotopic (exact) mass is 481 g/mol. The number of hydrogen-bond donors (Lipinski definition) is 1. The highest BCUT2D eigenvalue weighted by Crippen LogP contribution is 2.30. The van der Waals surface area contributed by atoms with Crippen LogP contribution in [0.1, 0.15) is 23.7 Å². The van der Waals surface area contributed by atoms with Gasteiger partial charge in [0, 0.05) is 38.9 Å². The third kappa shape index (κ3) is 6.19. The molecule has 144 valence electrons. The van der Waals surface area contributed by atoms with Gasteiger partial charge in [0.1, 0.15) is 0 Å². The van der Waals surface area contributed by atoms with Gasteiger partial charge >= 0.3 is 6.18 Å². The average molecular weight is 481 g/mol. The number of alkyl halides is 3. The maximum atomic E-state index is 13.0. The zero-order valence-corrected chi connectivity index (χ0v) is 17.2. The smallest absolute Gasteiger partial charge is 0.357 e. The van der Waals surface area contributed by atoms with Gasteiger partial charge in [-0.15, -0.1) is 24.0 Å². The van der Waals surface area contributed by atoms with E-state index in [0.717, 1.165) is 10.2 Å². The zero-order valence-electron chi connectivity index (χ0n) is 14.9. The highest BCUT2D eigenvalue weighted by atomic mass is 127. The molecule has 0 saturated carbocycles. The van der Waals surface area contributed by atoms with Crippen LogP contribution in [0.15, 0.2) is 41.5 Å². The van der Waals surface area contributed by atoms with Crippen molar-refractivity contribution in [2.75, 3.05) is 13.6 Å². The molecule has 0 unspecified atom stereocenters. The van der Waals surface area contributed by atoms with E-state index in [1.54, 1.807) is 0 Å². The van der Waals surface area contributed by atoms with Gasteiger partial charge in [-0.05, 0) is 12.5 Å². The first-order chi connectivity index (χ1) is 11.8. The Kier molecular flexibility index (Phi) is 8.38. The summed E-state index contributed by atoms with van der Waals surface area (Å²) in [4.78, 5) is 6.22. The van der Waals surface area contributed by atoms with Gasteiger partial charge in [-0.3, -0.25) is 4.68 Å². The lowest BCUT2D eigenvalue weighted by Crippen LogP contribution is -2.38. The quantitative estimate of drug-likeness (QED) is 0.403. The van der Waals surface area contributed by atoms with Crippen LogP contribution in [0.4, 0.5) is 13.2 Å². The standard InChI is InChI=1S/C17H22F3N5.HI/c1-4-21-16(24(2)11-13-8-6-5-7-9-13)22-10-14-12-25(3)23-15(14)17(18,19)20;/h5-9,12H,4,10-11H2,1-3H3,(H,21,22);1H. The fraction of sp³-hybridized carbons (Fsp3) is 0.412. The number of aryl methyl sites for hydroxylation is 1. The molecule has 0 fully saturated rings. The van der Waals surface area contributed by atoms with E-state index in [-0.39, 0.29) is 36.1 Å². The SMILES string of the molecule is CCNC(=NCc1cn(C)nc1C(F)(F)F)N(C)Cc1ccccc1.I. The molecule has 0 atom stereocenters. The Bertz CT molecular complexity index is 713. The number of benzene rings is 1. The second kappa shape index (κ2) is 9.79. The Hall–Kier alpha value is -1.78. The molecular formula is C17H23F3IN5. The van der Waals surface area contributed by atoms with E-state index < -0.39 is 11.9 Å². The summed E-state index contributed by atoms with van der Waals surface area (Å²) in [6.07, 6.45) is -3.13. The van der Waals surface area contributed by atoms with Crippen LogP contribution in [0.25, 0.3) is 0 Å². The molecule has 1 aromatic heterocycles. The summed E-state index contributed by atoms with van der Waals surface area (Å²) < 4.78 is 40.3. The molecular weight excluding hydrogens is 458 g/mol. The van der Waals surface area contributed by atoms with Gasteiger partial charge in [-0.25, -0.2) is 4.99 Å². The lowest BCUT2D eigenvalue weighted by Gasteiger charge is -2.22. The fourth-order valence-corrected chi connectivity index (χ4v) is 2.45. The number of halogens is 4. The van der Waals surface area contributed by atoms with E-state index in [4.69, 9.17) is 0 Å². The van der Waals surface area contributed by atoms with Crippen molar-refractivity contribution in [3.05, 3.63) is 53.3 Å². The van der Waals surface area contributed by atoms with Gasteiger partial charge in [-0.1, -0.05) is 30.3 Å². The Morgan fingerprint density at radius 3 is 2.50 bits per heavy atom. The highest BCUT2D eigenvalue weighted by molar-refractivity contribution is 14.0. The minimum atomic E-state index is -4.49. The maximum Gasteiger partial charge on any atom is 0.435 e. The third-order valence-electron chi connectivity index (χ3n) is 3.53. The predicted octanol–water partition coefficient (Wildman–Crippen LogP) is 3.65. The molecule has 0 bridgehead atoms. The normalized spacial score (nSPS) is 11.8. The first-order valence-corrected chi connectivity index (χ1v) is 7.94. The second-order valence-electron chi connectivity index (χ2n) is 5.69. The number of nitrogens with zero attached hydrogens (tertiary/aromatic N) is 4. The summed E-state index contributed by atoms with van der Waals surface area (Å²) in [5, 5.41) is 6.61. The average Bonchev–Trinajstić information content (AvgIpc) is 2.93. The summed E-state index contributed by atoms with van der Waals surface area (Å²) in [5.74, 6) is 0.545. The van der Waals surface area contributed by atoms with Gasteiger partial charge in [0.15, 0.2) is 11.7 Å². The summed E-state index contributed by atoms with van der Waals surface area (Å²) in [7, 11) is 3.32. The van der Waals surface area contributed by atoms with Gasteiger partial charge in [-0.2, -0.15) is 18.3 Å².